The van der Waals surface area contributed by atoms with Crippen molar-refractivity contribution in [3.8, 4) is 0 Å². The Kier molecular flexibility index (Phi) is 4.85. The maximum absolute atomic E-state index is 4.95. The first-order valence-electron chi connectivity index (χ1n) is 7.52. The van der Waals surface area contributed by atoms with Crippen LogP contribution in [-0.4, -0.2) is 23.6 Å². The van der Waals surface area contributed by atoms with Gasteiger partial charge in [-0.25, -0.2) is 4.98 Å². The molecule has 0 amide bonds. The fraction of sp³-hybridized carbons (Fsp3) is 0.800. The van der Waals surface area contributed by atoms with Gasteiger partial charge in [-0.3, -0.25) is 0 Å². The molecule has 0 aliphatic heterocycles. The lowest BCUT2D eigenvalue weighted by Crippen LogP contribution is -2.30. The van der Waals surface area contributed by atoms with Crippen molar-refractivity contribution in [2.45, 2.75) is 72.0 Å². The predicted molar refractivity (Wildman–Crippen MR) is 84.2 cm³/mol. The normalized spacial score (nSPS) is 15.5. The Morgan fingerprint density at radius 1 is 1.32 bits per heavy atom. The van der Waals surface area contributed by atoms with Crippen LogP contribution in [0.2, 0.25) is 0 Å². The van der Waals surface area contributed by atoms with Gasteiger partial charge in [0.15, 0.2) is 5.13 Å². The molecule has 0 spiro atoms. The van der Waals surface area contributed by atoms with E-state index in [0.717, 1.165) is 19.0 Å². The Balaban J connectivity index is 2.19. The van der Waals surface area contributed by atoms with E-state index in [1.165, 1.54) is 28.5 Å². The zero-order valence-corrected chi connectivity index (χ0v) is 13.7. The summed E-state index contributed by atoms with van der Waals surface area (Å²) >= 11 is 1.88. The molecule has 0 aromatic carbocycles. The maximum atomic E-state index is 4.95. The minimum Gasteiger partial charge on any atom is -0.346 e. The van der Waals surface area contributed by atoms with Crippen LogP contribution in [0, 0.1) is 0 Å². The largest absolute Gasteiger partial charge is 0.346 e. The van der Waals surface area contributed by atoms with Crippen LogP contribution in [0.5, 0.6) is 0 Å². The summed E-state index contributed by atoms with van der Waals surface area (Å²) in [5.41, 5.74) is 1.37. The smallest absolute Gasteiger partial charge is 0.186 e. The highest BCUT2D eigenvalue weighted by Gasteiger charge is 2.30. The average Bonchev–Trinajstić information content (AvgIpc) is 3.09. The molecule has 4 heteroatoms. The maximum Gasteiger partial charge on any atom is 0.186 e. The number of anilines is 1. The van der Waals surface area contributed by atoms with E-state index in [-0.39, 0.29) is 0 Å². The molecule has 1 aromatic heterocycles. The zero-order valence-electron chi connectivity index (χ0n) is 12.9. The number of thiazole rings is 1. The van der Waals surface area contributed by atoms with Gasteiger partial charge in [0.25, 0.3) is 0 Å². The lowest BCUT2D eigenvalue weighted by molar-refractivity contribution is 0.590. The van der Waals surface area contributed by atoms with Crippen molar-refractivity contribution >= 4 is 16.5 Å². The number of aromatic nitrogens is 1. The molecule has 2 rings (SSSR count). The molecule has 1 aromatic rings. The van der Waals surface area contributed by atoms with Crippen molar-refractivity contribution in [3.05, 3.63) is 10.6 Å². The van der Waals surface area contributed by atoms with Crippen molar-refractivity contribution in [3.63, 3.8) is 0 Å². The SMILES string of the molecule is CCN(c1nc(C2CC2)c(CNC(C)C)s1)C(C)C. The number of rotatable bonds is 7. The lowest BCUT2D eigenvalue weighted by Gasteiger charge is -2.24. The summed E-state index contributed by atoms with van der Waals surface area (Å²) in [5.74, 6) is 0.736. The molecule has 19 heavy (non-hydrogen) atoms. The van der Waals surface area contributed by atoms with Gasteiger partial charge >= 0.3 is 0 Å². The molecule has 0 radical (unpaired) electrons. The van der Waals surface area contributed by atoms with Crippen LogP contribution in [0.15, 0.2) is 0 Å². The van der Waals surface area contributed by atoms with Gasteiger partial charge < -0.3 is 10.2 Å². The van der Waals surface area contributed by atoms with Gasteiger partial charge in [-0.1, -0.05) is 13.8 Å². The van der Waals surface area contributed by atoms with Gasteiger partial charge in [0, 0.05) is 36.0 Å². The highest BCUT2D eigenvalue weighted by Crippen LogP contribution is 2.44. The Bertz CT molecular complexity index is 408. The minimum absolute atomic E-state index is 0.522. The average molecular weight is 281 g/mol. The van der Waals surface area contributed by atoms with Crippen molar-refractivity contribution < 1.29 is 0 Å². The summed E-state index contributed by atoms with van der Waals surface area (Å²) in [6, 6.07) is 1.05. The third kappa shape index (κ3) is 3.69. The second kappa shape index (κ2) is 6.23. The Morgan fingerprint density at radius 2 is 2.00 bits per heavy atom. The van der Waals surface area contributed by atoms with Crippen LogP contribution in [0.1, 0.15) is 63.9 Å². The van der Waals surface area contributed by atoms with Gasteiger partial charge in [-0.05, 0) is 33.6 Å². The highest BCUT2D eigenvalue weighted by atomic mass is 32.1. The molecule has 1 aliphatic rings. The van der Waals surface area contributed by atoms with E-state index >= 15 is 0 Å². The summed E-state index contributed by atoms with van der Waals surface area (Å²) in [7, 11) is 0. The van der Waals surface area contributed by atoms with E-state index in [0.29, 0.717) is 12.1 Å². The quantitative estimate of drug-likeness (QED) is 0.825. The zero-order chi connectivity index (χ0) is 14.0. The Morgan fingerprint density at radius 3 is 2.47 bits per heavy atom. The van der Waals surface area contributed by atoms with Crippen molar-refractivity contribution in [2.75, 3.05) is 11.4 Å². The van der Waals surface area contributed by atoms with E-state index in [2.05, 4.69) is 44.8 Å². The Hall–Kier alpha value is -0.610. The van der Waals surface area contributed by atoms with Crippen LogP contribution in [0.3, 0.4) is 0 Å². The second-order valence-electron chi connectivity index (χ2n) is 5.99. The molecule has 0 bridgehead atoms. The number of nitrogens with zero attached hydrogens (tertiary/aromatic N) is 2. The lowest BCUT2D eigenvalue weighted by atomic mass is 10.2. The summed E-state index contributed by atoms with van der Waals surface area (Å²) in [6.07, 6.45) is 2.65. The van der Waals surface area contributed by atoms with Gasteiger partial charge in [0.1, 0.15) is 0 Å². The molecule has 108 valence electrons. The van der Waals surface area contributed by atoms with Crippen LogP contribution in [0.4, 0.5) is 5.13 Å². The fourth-order valence-corrected chi connectivity index (χ4v) is 3.59. The third-order valence-corrected chi connectivity index (χ3v) is 4.67. The molecule has 0 atom stereocenters. The van der Waals surface area contributed by atoms with E-state index in [1.807, 2.05) is 11.3 Å². The topological polar surface area (TPSA) is 28.2 Å². The summed E-state index contributed by atoms with van der Waals surface area (Å²) in [4.78, 5) is 8.79. The standard InChI is InChI=1S/C15H27N3S/c1-6-18(11(4)5)15-17-14(12-7-8-12)13(19-15)9-16-10(2)3/h10-12,16H,6-9H2,1-5H3. The van der Waals surface area contributed by atoms with Gasteiger partial charge in [-0.15, -0.1) is 11.3 Å². The monoisotopic (exact) mass is 281 g/mol. The third-order valence-electron chi connectivity index (χ3n) is 3.56. The van der Waals surface area contributed by atoms with Crippen molar-refractivity contribution in [2.24, 2.45) is 0 Å². The molecule has 0 saturated heterocycles. The molecule has 1 N–H and O–H groups in total. The number of nitrogens with one attached hydrogen (secondary N) is 1. The number of hydrogen-bond donors (Lipinski definition) is 1. The first-order valence-corrected chi connectivity index (χ1v) is 8.34. The molecular weight excluding hydrogens is 254 g/mol. The van der Waals surface area contributed by atoms with E-state index in [9.17, 15) is 0 Å². The predicted octanol–water partition coefficient (Wildman–Crippen LogP) is 3.75. The summed E-state index contributed by atoms with van der Waals surface area (Å²) in [6.45, 7) is 13.1. The molecule has 0 unspecified atom stereocenters. The second-order valence-corrected chi connectivity index (χ2v) is 7.06. The van der Waals surface area contributed by atoms with Crippen LogP contribution >= 0.6 is 11.3 Å². The van der Waals surface area contributed by atoms with E-state index < -0.39 is 0 Å². The highest BCUT2D eigenvalue weighted by molar-refractivity contribution is 7.15. The van der Waals surface area contributed by atoms with Gasteiger partial charge in [0.2, 0.25) is 0 Å². The number of hydrogen-bond acceptors (Lipinski definition) is 4. The summed E-state index contributed by atoms with van der Waals surface area (Å²) < 4.78 is 0. The molecule has 1 aliphatic carbocycles. The van der Waals surface area contributed by atoms with E-state index in [1.54, 1.807) is 0 Å². The van der Waals surface area contributed by atoms with Crippen LogP contribution < -0.4 is 10.2 Å². The van der Waals surface area contributed by atoms with E-state index in [4.69, 9.17) is 4.98 Å². The van der Waals surface area contributed by atoms with Gasteiger partial charge in [0.05, 0.1) is 5.69 Å². The minimum atomic E-state index is 0.522. The molecule has 1 saturated carbocycles. The first-order chi connectivity index (χ1) is 9.02. The first kappa shape index (κ1) is 14.8. The Labute approximate surface area is 121 Å². The van der Waals surface area contributed by atoms with Crippen LogP contribution in [0.25, 0.3) is 0 Å². The summed E-state index contributed by atoms with van der Waals surface area (Å²) in [5, 5.41) is 4.74. The van der Waals surface area contributed by atoms with Crippen LogP contribution in [-0.2, 0) is 6.54 Å². The molecule has 1 heterocycles. The molecular formula is C15H27N3S. The molecule has 1 fully saturated rings. The van der Waals surface area contributed by atoms with Crippen molar-refractivity contribution in [1.82, 2.24) is 10.3 Å². The fourth-order valence-electron chi connectivity index (χ4n) is 2.29. The molecule has 3 nitrogen and oxygen atoms in total. The van der Waals surface area contributed by atoms with Crippen molar-refractivity contribution in [1.29, 1.82) is 0 Å². The van der Waals surface area contributed by atoms with Gasteiger partial charge in [-0.2, -0.15) is 0 Å².